The molecule has 5 rings (SSSR count). The zero-order valence-corrected chi connectivity index (χ0v) is 20.7. The van der Waals surface area contributed by atoms with Crippen molar-refractivity contribution in [2.45, 2.75) is 17.5 Å². The van der Waals surface area contributed by atoms with Gasteiger partial charge in [0.25, 0.3) is 10.0 Å². The number of tetrazole rings is 1. The summed E-state index contributed by atoms with van der Waals surface area (Å²) in [5.74, 6) is -1.21. The first kappa shape index (κ1) is 26.9. The summed E-state index contributed by atoms with van der Waals surface area (Å²) in [6, 6.07) is 14.0. The molecule has 198 valence electrons. The van der Waals surface area contributed by atoms with Gasteiger partial charge in [0.2, 0.25) is 5.82 Å². The van der Waals surface area contributed by atoms with Crippen LogP contribution >= 0.6 is 11.6 Å². The van der Waals surface area contributed by atoms with Gasteiger partial charge in [-0.1, -0.05) is 23.7 Å². The Balaban J connectivity index is 0.000000186. The second kappa shape index (κ2) is 10.3. The van der Waals surface area contributed by atoms with E-state index in [0.717, 1.165) is 11.6 Å². The normalized spacial score (nSPS) is 13.0. The van der Waals surface area contributed by atoms with Gasteiger partial charge in [-0.2, -0.15) is 18.4 Å². The molecule has 0 radical (unpaired) electrons. The highest BCUT2D eigenvalue weighted by atomic mass is 35.5. The summed E-state index contributed by atoms with van der Waals surface area (Å²) in [5, 5.41) is 21.7. The zero-order chi connectivity index (χ0) is 27.7. The smallest absolute Gasteiger partial charge is 0.417 e. The zero-order valence-electron chi connectivity index (χ0n) is 19.1. The van der Waals surface area contributed by atoms with Crippen LogP contribution < -0.4 is 10.0 Å². The molecule has 1 aliphatic heterocycles. The minimum atomic E-state index is -4.51. The molecule has 38 heavy (non-hydrogen) atoms. The van der Waals surface area contributed by atoms with E-state index >= 15 is 0 Å². The number of halogens is 4. The van der Waals surface area contributed by atoms with Gasteiger partial charge in [0.1, 0.15) is 0 Å². The molecule has 0 bridgehead atoms. The number of carbonyl (C=O) groups is 1. The number of nitrogen functional groups attached to an aromatic ring is 1. The molecule has 0 unspecified atom stereocenters. The third-order valence-corrected chi connectivity index (χ3v) is 7.55. The Morgan fingerprint density at radius 1 is 1.11 bits per heavy atom. The Labute approximate surface area is 218 Å². The maximum absolute atomic E-state index is 12.8. The molecular weight excluding hydrogens is 549 g/mol. The summed E-state index contributed by atoms with van der Waals surface area (Å²) in [7, 11) is -3.76. The van der Waals surface area contributed by atoms with E-state index in [4.69, 9.17) is 22.4 Å². The van der Waals surface area contributed by atoms with Crippen molar-refractivity contribution in [3.8, 4) is 11.4 Å². The number of anilines is 2. The van der Waals surface area contributed by atoms with Crippen molar-refractivity contribution in [3.05, 3.63) is 82.4 Å². The Hall–Kier alpha value is -4.17. The number of benzene rings is 3. The number of nitrogens with one attached hydrogen (secondary N) is 1. The number of aromatic carboxylic acids is 1. The van der Waals surface area contributed by atoms with Crippen molar-refractivity contribution in [2.24, 2.45) is 0 Å². The van der Waals surface area contributed by atoms with Gasteiger partial charge in [-0.3, -0.25) is 4.31 Å². The molecule has 0 fully saturated rings. The molecule has 4 aromatic rings. The Morgan fingerprint density at radius 3 is 2.50 bits per heavy atom. The molecule has 0 atom stereocenters. The lowest BCUT2D eigenvalue weighted by molar-refractivity contribution is -0.137. The van der Waals surface area contributed by atoms with E-state index < -0.39 is 27.7 Å². The van der Waals surface area contributed by atoms with Crippen LogP contribution in [0.25, 0.3) is 11.4 Å². The van der Waals surface area contributed by atoms with Gasteiger partial charge in [0, 0.05) is 22.8 Å². The molecule has 2 heterocycles. The van der Waals surface area contributed by atoms with Crippen LogP contribution in [0.1, 0.15) is 21.5 Å². The second-order valence-corrected chi connectivity index (χ2v) is 10.3. The van der Waals surface area contributed by atoms with Crippen molar-refractivity contribution >= 4 is 39.0 Å². The molecule has 0 aliphatic carbocycles. The van der Waals surface area contributed by atoms with Crippen LogP contribution in [0.3, 0.4) is 0 Å². The van der Waals surface area contributed by atoms with Crippen LogP contribution in [0.4, 0.5) is 24.5 Å². The molecule has 0 spiro atoms. The average Bonchev–Trinajstić information content (AvgIpc) is 3.54. The quantitative estimate of drug-likeness (QED) is 0.309. The molecular formula is C23H18ClF3N6O4S. The Kier molecular flexibility index (Phi) is 7.29. The fourth-order valence-corrected chi connectivity index (χ4v) is 5.55. The summed E-state index contributed by atoms with van der Waals surface area (Å²) in [6.07, 6.45) is -3.96. The van der Waals surface area contributed by atoms with Crippen molar-refractivity contribution in [3.63, 3.8) is 0 Å². The number of carboxylic acids is 1. The number of rotatable bonds is 4. The highest BCUT2D eigenvalue weighted by molar-refractivity contribution is 7.92. The van der Waals surface area contributed by atoms with Gasteiger partial charge >= 0.3 is 12.1 Å². The van der Waals surface area contributed by atoms with Gasteiger partial charge in [0.15, 0.2) is 0 Å². The lowest BCUT2D eigenvalue weighted by Gasteiger charge is -2.20. The van der Waals surface area contributed by atoms with Gasteiger partial charge in [0.05, 0.1) is 21.7 Å². The lowest BCUT2D eigenvalue weighted by Crippen LogP contribution is -2.29. The molecule has 15 heteroatoms. The summed E-state index contributed by atoms with van der Waals surface area (Å²) in [5.41, 5.74) is 5.60. The summed E-state index contributed by atoms with van der Waals surface area (Å²) in [4.78, 5) is 11.2. The van der Waals surface area contributed by atoms with Crippen molar-refractivity contribution < 1.29 is 31.5 Å². The minimum absolute atomic E-state index is 0.0274. The van der Waals surface area contributed by atoms with Crippen LogP contribution in [-0.4, -0.2) is 46.7 Å². The third kappa shape index (κ3) is 5.55. The highest BCUT2D eigenvalue weighted by Crippen LogP contribution is 2.37. The van der Waals surface area contributed by atoms with Crippen LogP contribution in [-0.2, 0) is 22.6 Å². The molecule has 10 nitrogen and oxygen atoms in total. The minimum Gasteiger partial charge on any atom is -0.478 e. The second-order valence-electron chi connectivity index (χ2n) is 7.97. The molecule has 4 N–H and O–H groups in total. The van der Waals surface area contributed by atoms with Crippen LogP contribution in [0.15, 0.2) is 65.6 Å². The molecule has 0 saturated heterocycles. The predicted octanol–water partition coefficient (Wildman–Crippen LogP) is 4.26. The number of nitrogens with two attached hydrogens (primary N) is 1. The number of fused-ring (bicyclic) bond motifs is 1. The van der Waals surface area contributed by atoms with Gasteiger partial charge in [-0.05, 0) is 65.7 Å². The van der Waals surface area contributed by atoms with Crippen LogP contribution in [0, 0.1) is 0 Å². The summed E-state index contributed by atoms with van der Waals surface area (Å²) >= 11 is 5.86. The van der Waals surface area contributed by atoms with E-state index in [1.807, 2.05) is 0 Å². The average molecular weight is 567 g/mol. The molecule has 0 amide bonds. The molecule has 1 aliphatic rings. The SMILES string of the molecule is Nc1ccc(-c2nn[nH]n2)c(C(F)(F)F)c1.O=C(O)c1ccc2c(c1)N(S(=O)(=O)c1cccc(Cl)c1)CC2. The Bertz CT molecular complexity index is 1600. The maximum Gasteiger partial charge on any atom is 0.417 e. The molecule has 3 aromatic carbocycles. The van der Waals surface area contributed by atoms with Crippen LogP contribution in [0.2, 0.25) is 5.02 Å². The number of nitrogens with zero attached hydrogens (tertiary/aromatic N) is 4. The van der Waals surface area contributed by atoms with E-state index in [1.54, 1.807) is 18.2 Å². The first-order chi connectivity index (χ1) is 17.9. The number of hydrogen-bond acceptors (Lipinski definition) is 7. The lowest BCUT2D eigenvalue weighted by atomic mass is 10.1. The number of aromatic amines is 1. The monoisotopic (exact) mass is 566 g/mol. The fraction of sp³-hybridized carbons (Fsp3) is 0.130. The number of hydrogen-bond donors (Lipinski definition) is 3. The number of alkyl halides is 3. The van der Waals surface area contributed by atoms with Crippen molar-refractivity contribution in [2.75, 3.05) is 16.6 Å². The largest absolute Gasteiger partial charge is 0.478 e. The first-order valence-corrected chi connectivity index (χ1v) is 12.5. The van der Waals surface area contributed by atoms with E-state index in [1.165, 1.54) is 40.7 Å². The summed E-state index contributed by atoms with van der Waals surface area (Å²) in [6.45, 7) is 0.285. The molecule has 0 saturated carbocycles. The fourth-order valence-electron chi connectivity index (χ4n) is 3.75. The van der Waals surface area contributed by atoms with Crippen molar-refractivity contribution in [1.82, 2.24) is 20.6 Å². The number of H-pyrrole nitrogens is 1. The van der Waals surface area contributed by atoms with Gasteiger partial charge < -0.3 is 10.8 Å². The summed E-state index contributed by atoms with van der Waals surface area (Å²) < 4.78 is 64.8. The van der Waals surface area contributed by atoms with Crippen LogP contribution in [0.5, 0.6) is 0 Å². The topological polar surface area (TPSA) is 155 Å². The standard InChI is InChI=1S/C15H12ClNO4S.C8H6F3N5/c16-12-2-1-3-13(9-12)22(20,21)17-7-6-10-4-5-11(15(18)19)8-14(10)17;9-8(10,11)6-3-4(12)1-2-5(6)7-13-15-16-14-7/h1-5,8-9H,6-7H2,(H,18,19);1-3H,12H2,(H,13,14,15,16). The van der Waals surface area contributed by atoms with Crippen molar-refractivity contribution in [1.29, 1.82) is 0 Å². The van der Waals surface area contributed by atoms with E-state index in [9.17, 15) is 26.4 Å². The maximum atomic E-state index is 12.8. The number of carboxylic acid groups (broad SMARTS) is 1. The number of aromatic nitrogens is 4. The van der Waals surface area contributed by atoms with E-state index in [0.29, 0.717) is 17.1 Å². The highest BCUT2D eigenvalue weighted by Gasteiger charge is 2.35. The van der Waals surface area contributed by atoms with Gasteiger partial charge in [-0.25, -0.2) is 13.2 Å². The third-order valence-electron chi connectivity index (χ3n) is 5.50. The first-order valence-electron chi connectivity index (χ1n) is 10.7. The molecule has 1 aromatic heterocycles. The van der Waals surface area contributed by atoms with E-state index in [-0.39, 0.29) is 34.1 Å². The number of sulfonamides is 1. The van der Waals surface area contributed by atoms with Gasteiger partial charge in [-0.15, -0.1) is 10.2 Å². The Morgan fingerprint density at radius 2 is 1.87 bits per heavy atom. The van der Waals surface area contributed by atoms with E-state index in [2.05, 4.69) is 20.6 Å². The predicted molar refractivity (Wildman–Crippen MR) is 132 cm³/mol.